The van der Waals surface area contributed by atoms with Crippen LogP contribution in [0.2, 0.25) is 0 Å². The summed E-state index contributed by atoms with van der Waals surface area (Å²) in [5.41, 5.74) is -0.576. The van der Waals surface area contributed by atoms with Crippen LogP contribution in [-0.2, 0) is 9.53 Å². The van der Waals surface area contributed by atoms with Crippen LogP contribution in [0.15, 0.2) is 0 Å². The molecule has 0 spiro atoms. The molecule has 0 saturated carbocycles. The van der Waals surface area contributed by atoms with Gasteiger partial charge in [-0.2, -0.15) is 0 Å². The van der Waals surface area contributed by atoms with Gasteiger partial charge in [-0.25, -0.2) is 0 Å². The summed E-state index contributed by atoms with van der Waals surface area (Å²) in [5.74, 6) is 0.676. The second-order valence-corrected chi connectivity index (χ2v) is 6.24. The Labute approximate surface area is 117 Å². The number of hydrogen-bond donors (Lipinski definition) is 1. The Morgan fingerprint density at radius 1 is 1.53 bits per heavy atom. The van der Waals surface area contributed by atoms with Crippen LogP contribution < -0.4 is 5.32 Å². The lowest BCUT2D eigenvalue weighted by atomic mass is 9.96. The normalized spacial score (nSPS) is 23.6. The SMILES string of the molecule is CCC1CCN(CCC(C)(NC(C)C)C(=O)OC)C1. The van der Waals surface area contributed by atoms with E-state index in [0.717, 1.165) is 25.4 Å². The Hall–Kier alpha value is -0.610. The van der Waals surface area contributed by atoms with Gasteiger partial charge in [0.25, 0.3) is 0 Å². The minimum absolute atomic E-state index is 0.160. The van der Waals surface area contributed by atoms with Gasteiger partial charge in [-0.05, 0) is 46.1 Å². The highest BCUT2D eigenvalue weighted by Crippen LogP contribution is 2.21. The quantitative estimate of drug-likeness (QED) is 0.719. The summed E-state index contributed by atoms with van der Waals surface area (Å²) in [6.45, 7) is 11.6. The Morgan fingerprint density at radius 3 is 2.68 bits per heavy atom. The van der Waals surface area contributed by atoms with Crippen LogP contribution in [0.4, 0.5) is 0 Å². The standard InChI is InChI=1S/C15H30N2O2/c1-6-13-7-9-17(11-13)10-8-15(4,14(18)19-5)16-12(2)3/h12-13,16H,6-11H2,1-5H3. The number of rotatable bonds is 7. The molecule has 1 saturated heterocycles. The number of methoxy groups -OCH3 is 1. The Balaban J connectivity index is 2.51. The summed E-state index contributed by atoms with van der Waals surface area (Å²) in [7, 11) is 1.46. The molecule has 0 amide bonds. The third-order valence-electron chi connectivity index (χ3n) is 4.12. The van der Waals surface area contributed by atoms with Crippen molar-refractivity contribution >= 4 is 5.97 Å². The van der Waals surface area contributed by atoms with Crippen molar-refractivity contribution in [3.05, 3.63) is 0 Å². The average Bonchev–Trinajstić information content (AvgIpc) is 2.82. The minimum Gasteiger partial charge on any atom is -0.468 e. The zero-order valence-corrected chi connectivity index (χ0v) is 13.2. The van der Waals surface area contributed by atoms with E-state index in [-0.39, 0.29) is 12.0 Å². The zero-order chi connectivity index (χ0) is 14.5. The van der Waals surface area contributed by atoms with Gasteiger partial charge in [0.2, 0.25) is 0 Å². The van der Waals surface area contributed by atoms with Gasteiger partial charge in [-0.15, -0.1) is 0 Å². The van der Waals surface area contributed by atoms with E-state index in [9.17, 15) is 4.79 Å². The van der Waals surface area contributed by atoms with Gasteiger partial charge in [0, 0.05) is 19.1 Å². The van der Waals surface area contributed by atoms with Crippen LogP contribution in [0.3, 0.4) is 0 Å². The molecule has 0 aromatic heterocycles. The molecule has 1 aliphatic rings. The molecule has 0 bridgehead atoms. The summed E-state index contributed by atoms with van der Waals surface area (Å²) in [4.78, 5) is 14.5. The topological polar surface area (TPSA) is 41.6 Å². The molecule has 0 aliphatic carbocycles. The molecule has 0 aromatic rings. The molecular weight excluding hydrogens is 240 g/mol. The second-order valence-electron chi connectivity index (χ2n) is 6.24. The van der Waals surface area contributed by atoms with E-state index in [4.69, 9.17) is 4.74 Å². The van der Waals surface area contributed by atoms with Gasteiger partial charge in [0.1, 0.15) is 5.54 Å². The smallest absolute Gasteiger partial charge is 0.325 e. The Morgan fingerprint density at radius 2 is 2.21 bits per heavy atom. The fraction of sp³-hybridized carbons (Fsp3) is 0.933. The maximum Gasteiger partial charge on any atom is 0.325 e. The lowest BCUT2D eigenvalue weighted by Gasteiger charge is -2.31. The van der Waals surface area contributed by atoms with Gasteiger partial charge in [-0.3, -0.25) is 10.1 Å². The van der Waals surface area contributed by atoms with Gasteiger partial charge in [0.15, 0.2) is 0 Å². The number of carbonyl (C=O) groups excluding carboxylic acids is 1. The number of ether oxygens (including phenoxy) is 1. The molecule has 112 valence electrons. The molecule has 2 unspecified atom stereocenters. The molecule has 19 heavy (non-hydrogen) atoms. The molecule has 2 atom stereocenters. The van der Waals surface area contributed by atoms with E-state index in [2.05, 4.69) is 31.0 Å². The van der Waals surface area contributed by atoms with E-state index in [0.29, 0.717) is 0 Å². The van der Waals surface area contributed by atoms with E-state index in [1.54, 1.807) is 0 Å². The number of hydrogen-bond acceptors (Lipinski definition) is 4. The molecule has 1 N–H and O–H groups in total. The summed E-state index contributed by atoms with van der Waals surface area (Å²) in [6, 6.07) is 0.270. The fourth-order valence-electron chi connectivity index (χ4n) is 2.93. The number of nitrogens with one attached hydrogen (secondary N) is 1. The predicted molar refractivity (Wildman–Crippen MR) is 78.1 cm³/mol. The number of esters is 1. The number of likely N-dealkylation sites (tertiary alicyclic amines) is 1. The van der Waals surface area contributed by atoms with Gasteiger partial charge in [-0.1, -0.05) is 13.3 Å². The third kappa shape index (κ3) is 4.77. The molecule has 1 rings (SSSR count). The van der Waals surface area contributed by atoms with Crippen LogP contribution in [0.25, 0.3) is 0 Å². The highest BCUT2D eigenvalue weighted by atomic mass is 16.5. The third-order valence-corrected chi connectivity index (χ3v) is 4.12. The number of nitrogens with zero attached hydrogens (tertiary/aromatic N) is 1. The van der Waals surface area contributed by atoms with Gasteiger partial charge >= 0.3 is 5.97 Å². The molecule has 0 radical (unpaired) electrons. The summed E-state index contributed by atoms with van der Waals surface area (Å²) in [6.07, 6.45) is 3.35. The van der Waals surface area contributed by atoms with E-state index < -0.39 is 5.54 Å². The van der Waals surface area contributed by atoms with Crippen molar-refractivity contribution in [1.82, 2.24) is 10.2 Å². The van der Waals surface area contributed by atoms with Crippen LogP contribution in [0.1, 0.15) is 47.0 Å². The first-order valence-corrected chi connectivity index (χ1v) is 7.49. The highest BCUT2D eigenvalue weighted by molar-refractivity contribution is 5.80. The Bertz CT molecular complexity index is 294. The van der Waals surface area contributed by atoms with Gasteiger partial charge < -0.3 is 9.64 Å². The molecule has 1 aliphatic heterocycles. The van der Waals surface area contributed by atoms with Gasteiger partial charge in [0.05, 0.1) is 7.11 Å². The van der Waals surface area contributed by atoms with Crippen molar-refractivity contribution in [3.63, 3.8) is 0 Å². The summed E-state index contributed by atoms with van der Waals surface area (Å²) in [5, 5.41) is 3.35. The molecular formula is C15H30N2O2. The first-order valence-electron chi connectivity index (χ1n) is 7.49. The van der Waals surface area contributed by atoms with Crippen LogP contribution in [0, 0.1) is 5.92 Å². The van der Waals surface area contributed by atoms with Crippen molar-refractivity contribution in [2.45, 2.75) is 58.5 Å². The van der Waals surface area contributed by atoms with E-state index in [1.807, 2.05) is 6.92 Å². The predicted octanol–water partition coefficient (Wildman–Crippen LogP) is 2.04. The monoisotopic (exact) mass is 270 g/mol. The molecule has 0 aromatic carbocycles. The maximum absolute atomic E-state index is 12.0. The van der Waals surface area contributed by atoms with E-state index >= 15 is 0 Å². The average molecular weight is 270 g/mol. The second kappa shape index (κ2) is 7.25. The zero-order valence-electron chi connectivity index (χ0n) is 13.2. The Kier molecular flexibility index (Phi) is 6.27. The minimum atomic E-state index is -0.576. The lowest BCUT2D eigenvalue weighted by molar-refractivity contribution is -0.148. The van der Waals surface area contributed by atoms with Crippen molar-refractivity contribution in [2.75, 3.05) is 26.7 Å². The molecule has 4 heteroatoms. The molecule has 1 heterocycles. The van der Waals surface area contributed by atoms with Crippen molar-refractivity contribution in [2.24, 2.45) is 5.92 Å². The first kappa shape index (κ1) is 16.4. The van der Waals surface area contributed by atoms with Crippen LogP contribution in [-0.4, -0.2) is 49.2 Å². The maximum atomic E-state index is 12.0. The molecule has 1 fully saturated rings. The van der Waals surface area contributed by atoms with Crippen LogP contribution in [0.5, 0.6) is 0 Å². The first-order chi connectivity index (χ1) is 8.91. The summed E-state index contributed by atoms with van der Waals surface area (Å²) < 4.78 is 4.95. The number of carbonyl (C=O) groups is 1. The highest BCUT2D eigenvalue weighted by Gasteiger charge is 2.35. The van der Waals surface area contributed by atoms with Crippen molar-refractivity contribution in [3.8, 4) is 0 Å². The lowest BCUT2D eigenvalue weighted by Crippen LogP contribution is -2.54. The largest absolute Gasteiger partial charge is 0.468 e. The van der Waals surface area contributed by atoms with Crippen molar-refractivity contribution in [1.29, 1.82) is 0 Å². The summed E-state index contributed by atoms with van der Waals surface area (Å²) >= 11 is 0. The van der Waals surface area contributed by atoms with Crippen LogP contribution >= 0.6 is 0 Å². The molecule has 4 nitrogen and oxygen atoms in total. The van der Waals surface area contributed by atoms with E-state index in [1.165, 1.54) is 26.5 Å². The fourth-order valence-corrected chi connectivity index (χ4v) is 2.93. The van der Waals surface area contributed by atoms with Crippen molar-refractivity contribution < 1.29 is 9.53 Å².